The lowest BCUT2D eigenvalue weighted by Gasteiger charge is -2.26. The Morgan fingerprint density at radius 1 is 0.833 bits per heavy atom. The Balaban J connectivity index is 1.34. The maximum absolute atomic E-state index is 13.0. The number of anilines is 1. The van der Waals surface area contributed by atoms with E-state index < -0.39 is 0 Å². The van der Waals surface area contributed by atoms with E-state index in [4.69, 9.17) is 18.9 Å². The van der Waals surface area contributed by atoms with Gasteiger partial charge in [0.15, 0.2) is 23.0 Å². The number of nitrogens with one attached hydrogen (secondary N) is 2. The van der Waals surface area contributed by atoms with E-state index in [1.807, 2.05) is 25.1 Å². The van der Waals surface area contributed by atoms with Crippen molar-refractivity contribution in [2.24, 2.45) is 5.92 Å². The van der Waals surface area contributed by atoms with Gasteiger partial charge in [-0.1, -0.05) is 26.8 Å². The highest BCUT2D eigenvalue weighted by molar-refractivity contribution is 5.93. The average molecular weight is 498 g/mol. The van der Waals surface area contributed by atoms with Crippen LogP contribution in [-0.2, 0) is 9.59 Å². The molecule has 0 bridgehead atoms. The number of rotatable bonds is 9. The van der Waals surface area contributed by atoms with Crippen LogP contribution in [0.25, 0.3) is 0 Å². The molecule has 9 nitrogen and oxygen atoms in total. The number of likely N-dealkylation sites (N-methyl/N-ethyl adjacent to an activating group) is 1. The third-order valence-electron chi connectivity index (χ3n) is 6.12. The smallest absolute Gasteiger partial charge is 0.238 e. The van der Waals surface area contributed by atoms with E-state index in [2.05, 4.69) is 24.5 Å². The van der Waals surface area contributed by atoms with Crippen molar-refractivity contribution in [3.8, 4) is 23.0 Å². The van der Waals surface area contributed by atoms with Gasteiger partial charge in [0, 0.05) is 18.2 Å². The molecule has 0 aromatic heterocycles. The molecule has 0 saturated carbocycles. The SMILES string of the molecule is CCN(CC(=O)Nc1ccc2c(c1)OCCO2)CC(=O)NC(c1ccc2c(c1)OCCCO2)C(C)C. The van der Waals surface area contributed by atoms with Gasteiger partial charge in [-0.15, -0.1) is 0 Å². The van der Waals surface area contributed by atoms with Gasteiger partial charge in [-0.3, -0.25) is 14.5 Å². The molecule has 194 valence electrons. The maximum Gasteiger partial charge on any atom is 0.238 e. The molecular formula is C27H35N3O6. The van der Waals surface area contributed by atoms with E-state index >= 15 is 0 Å². The quantitative estimate of drug-likeness (QED) is 0.548. The second-order valence-electron chi connectivity index (χ2n) is 9.26. The molecule has 0 fully saturated rings. The summed E-state index contributed by atoms with van der Waals surface area (Å²) in [6.07, 6.45) is 0.837. The first-order valence-corrected chi connectivity index (χ1v) is 12.5. The molecule has 2 amide bonds. The Labute approximate surface area is 212 Å². The summed E-state index contributed by atoms with van der Waals surface area (Å²) in [6, 6.07) is 10.9. The van der Waals surface area contributed by atoms with Gasteiger partial charge < -0.3 is 29.6 Å². The Bertz CT molecular complexity index is 1070. The van der Waals surface area contributed by atoms with Gasteiger partial charge >= 0.3 is 0 Å². The molecule has 9 heteroatoms. The third-order valence-corrected chi connectivity index (χ3v) is 6.12. The number of amides is 2. The summed E-state index contributed by atoms with van der Waals surface area (Å²) in [7, 11) is 0. The van der Waals surface area contributed by atoms with Gasteiger partial charge in [0.1, 0.15) is 13.2 Å². The minimum Gasteiger partial charge on any atom is -0.490 e. The molecule has 2 aromatic carbocycles. The number of carbonyl (C=O) groups excluding carboxylic acids is 2. The van der Waals surface area contributed by atoms with E-state index in [1.165, 1.54) is 0 Å². The minimum atomic E-state index is -0.204. The lowest BCUT2D eigenvalue weighted by atomic mass is 9.95. The molecule has 1 atom stereocenters. The third kappa shape index (κ3) is 6.60. The molecule has 1 unspecified atom stereocenters. The van der Waals surface area contributed by atoms with E-state index in [9.17, 15) is 9.59 Å². The molecule has 0 saturated heterocycles. The van der Waals surface area contributed by atoms with Crippen molar-refractivity contribution in [3.63, 3.8) is 0 Å². The Morgan fingerprint density at radius 2 is 1.44 bits per heavy atom. The van der Waals surface area contributed by atoms with Gasteiger partial charge in [0.2, 0.25) is 11.8 Å². The molecule has 4 rings (SSSR count). The number of carbonyl (C=O) groups is 2. The van der Waals surface area contributed by atoms with Crippen LogP contribution < -0.4 is 29.6 Å². The summed E-state index contributed by atoms with van der Waals surface area (Å²) >= 11 is 0. The monoisotopic (exact) mass is 497 g/mol. The first-order chi connectivity index (χ1) is 17.4. The predicted octanol–water partition coefficient (Wildman–Crippen LogP) is 3.39. The minimum absolute atomic E-state index is 0.0920. The highest BCUT2D eigenvalue weighted by Gasteiger charge is 2.23. The van der Waals surface area contributed by atoms with Gasteiger partial charge in [-0.25, -0.2) is 0 Å². The van der Waals surface area contributed by atoms with Crippen molar-refractivity contribution in [3.05, 3.63) is 42.0 Å². The molecule has 2 aliphatic rings. The van der Waals surface area contributed by atoms with Crippen LogP contribution in [0, 0.1) is 5.92 Å². The number of benzene rings is 2. The Morgan fingerprint density at radius 3 is 2.17 bits per heavy atom. The lowest BCUT2D eigenvalue weighted by Crippen LogP contribution is -2.43. The van der Waals surface area contributed by atoms with Crippen LogP contribution >= 0.6 is 0 Å². The molecule has 0 aliphatic carbocycles. The number of nitrogens with zero attached hydrogens (tertiary/aromatic N) is 1. The summed E-state index contributed by atoms with van der Waals surface area (Å²) in [5, 5.41) is 6.01. The van der Waals surface area contributed by atoms with Crippen molar-refractivity contribution < 1.29 is 28.5 Å². The number of fused-ring (bicyclic) bond motifs is 2. The number of ether oxygens (including phenoxy) is 4. The van der Waals surface area contributed by atoms with Crippen molar-refractivity contribution >= 4 is 17.5 Å². The number of hydrogen-bond acceptors (Lipinski definition) is 7. The van der Waals surface area contributed by atoms with E-state index in [0.717, 1.165) is 17.7 Å². The van der Waals surface area contributed by atoms with E-state index in [-0.39, 0.29) is 36.9 Å². The zero-order valence-electron chi connectivity index (χ0n) is 21.2. The first-order valence-electron chi connectivity index (χ1n) is 12.5. The molecule has 0 radical (unpaired) electrons. The predicted molar refractivity (Wildman–Crippen MR) is 136 cm³/mol. The zero-order chi connectivity index (χ0) is 25.5. The fourth-order valence-corrected chi connectivity index (χ4v) is 4.23. The Hall–Kier alpha value is -3.46. The molecule has 2 N–H and O–H groups in total. The van der Waals surface area contributed by atoms with Crippen LogP contribution in [0.3, 0.4) is 0 Å². The standard InChI is InChI=1S/C27H35N3O6/c1-4-30(16-25(31)28-20-7-9-22-24(15-20)36-13-12-35-22)17-26(32)29-27(18(2)3)19-6-8-21-23(14-19)34-11-5-10-33-21/h6-9,14-15,18,27H,4-5,10-13,16-17H2,1-3H3,(H,28,31)(H,29,32). The fourth-order valence-electron chi connectivity index (χ4n) is 4.23. The topological polar surface area (TPSA) is 98.4 Å². The summed E-state index contributed by atoms with van der Waals surface area (Å²) in [5.41, 5.74) is 1.58. The fraction of sp³-hybridized carbons (Fsp3) is 0.481. The molecule has 0 spiro atoms. The summed E-state index contributed by atoms with van der Waals surface area (Å²) < 4.78 is 22.6. The largest absolute Gasteiger partial charge is 0.490 e. The maximum atomic E-state index is 13.0. The number of hydrogen-bond donors (Lipinski definition) is 2. The molecule has 2 aromatic rings. The second-order valence-corrected chi connectivity index (χ2v) is 9.26. The normalized spacial score (nSPS) is 15.2. The summed E-state index contributed by atoms with van der Waals surface area (Å²) in [5.74, 6) is 2.52. The van der Waals surface area contributed by atoms with Crippen molar-refractivity contribution in [1.29, 1.82) is 0 Å². The van der Waals surface area contributed by atoms with Crippen molar-refractivity contribution in [2.45, 2.75) is 33.2 Å². The molecule has 2 aliphatic heterocycles. The van der Waals surface area contributed by atoms with Crippen LogP contribution in [-0.4, -0.2) is 62.8 Å². The van der Waals surface area contributed by atoms with Crippen molar-refractivity contribution in [1.82, 2.24) is 10.2 Å². The van der Waals surface area contributed by atoms with Gasteiger partial charge in [-0.05, 0) is 42.3 Å². The van der Waals surface area contributed by atoms with Gasteiger partial charge in [0.05, 0.1) is 32.3 Å². The molecule has 36 heavy (non-hydrogen) atoms. The highest BCUT2D eigenvalue weighted by atomic mass is 16.6. The van der Waals surface area contributed by atoms with Gasteiger partial charge in [-0.2, -0.15) is 0 Å². The molecule has 2 heterocycles. The highest BCUT2D eigenvalue weighted by Crippen LogP contribution is 2.34. The zero-order valence-corrected chi connectivity index (χ0v) is 21.2. The van der Waals surface area contributed by atoms with Crippen LogP contribution in [0.1, 0.15) is 38.8 Å². The Kier molecular flexibility index (Phi) is 8.53. The molecular weight excluding hydrogens is 462 g/mol. The van der Waals surface area contributed by atoms with Crippen LogP contribution in [0.5, 0.6) is 23.0 Å². The lowest BCUT2D eigenvalue weighted by molar-refractivity contribution is -0.124. The van der Waals surface area contributed by atoms with Crippen LogP contribution in [0.4, 0.5) is 5.69 Å². The van der Waals surface area contributed by atoms with E-state index in [0.29, 0.717) is 55.9 Å². The summed E-state index contributed by atoms with van der Waals surface area (Å²) in [6.45, 7) is 9.03. The van der Waals surface area contributed by atoms with Gasteiger partial charge in [0.25, 0.3) is 0 Å². The van der Waals surface area contributed by atoms with Crippen LogP contribution in [0.15, 0.2) is 36.4 Å². The van der Waals surface area contributed by atoms with Crippen LogP contribution in [0.2, 0.25) is 0 Å². The van der Waals surface area contributed by atoms with Crippen molar-refractivity contribution in [2.75, 3.05) is 51.4 Å². The summed E-state index contributed by atoms with van der Waals surface area (Å²) in [4.78, 5) is 27.4. The van der Waals surface area contributed by atoms with E-state index in [1.54, 1.807) is 23.1 Å². The second kappa shape index (κ2) is 12.0. The first kappa shape index (κ1) is 25.6. The average Bonchev–Trinajstić information content (AvgIpc) is 3.11.